The van der Waals surface area contributed by atoms with E-state index in [0.717, 1.165) is 0 Å². The first-order chi connectivity index (χ1) is 7.87. The van der Waals surface area contributed by atoms with E-state index in [-0.39, 0.29) is 0 Å². The molecule has 0 spiro atoms. The lowest BCUT2D eigenvalue weighted by molar-refractivity contribution is -0.459. The van der Waals surface area contributed by atoms with Gasteiger partial charge in [-0.1, -0.05) is 8.79 Å². The summed E-state index contributed by atoms with van der Waals surface area (Å²) in [5.41, 5.74) is 0. The molecule has 116 valence electrons. The van der Waals surface area contributed by atoms with Crippen LogP contribution in [-0.4, -0.2) is 37.2 Å². The molecule has 0 aliphatic carbocycles. The summed E-state index contributed by atoms with van der Waals surface area (Å²) in [5.74, 6) is 0. The van der Waals surface area contributed by atoms with Gasteiger partial charge < -0.3 is 0 Å². The highest BCUT2D eigenvalue weighted by atomic mass is 32.3. The van der Waals surface area contributed by atoms with Crippen molar-refractivity contribution in [3.05, 3.63) is 0 Å². The van der Waals surface area contributed by atoms with Crippen molar-refractivity contribution in [3.63, 3.8) is 0 Å². The molecule has 0 aromatic heterocycles. The number of hydrogen-bond acceptors (Lipinski definition) is 3. The fraction of sp³-hybridized carbons (Fsp3) is 1.00. The van der Waals surface area contributed by atoms with Gasteiger partial charge in [0.05, 0.1) is 0 Å². The number of alkyl halides is 10. The Labute approximate surface area is 96.3 Å². The first-order valence-electron chi connectivity index (χ1n) is 3.50. The van der Waals surface area contributed by atoms with Gasteiger partial charge in [-0.25, -0.2) is 0 Å². The third-order valence-corrected chi connectivity index (χ3v) is 2.30. The van der Waals surface area contributed by atoms with E-state index < -0.39 is 39.0 Å². The Kier molecular flexibility index (Phi) is 4.13. The molecule has 0 amide bonds. The van der Waals surface area contributed by atoms with Gasteiger partial charge in [-0.3, -0.25) is 0 Å². The van der Waals surface area contributed by atoms with Gasteiger partial charge in [-0.2, -0.15) is 52.3 Å². The van der Waals surface area contributed by atoms with E-state index in [4.69, 9.17) is 0 Å². The van der Waals surface area contributed by atoms with Crippen molar-refractivity contribution in [3.8, 4) is 0 Å². The molecule has 0 atom stereocenters. The Morgan fingerprint density at radius 3 is 1.11 bits per heavy atom. The number of rotatable bonds is 3. The zero-order chi connectivity index (χ0) is 16.1. The summed E-state index contributed by atoms with van der Waals surface area (Å²) < 4.78 is 151. The van der Waals surface area contributed by atoms with Crippen LogP contribution >= 0.6 is 0 Å². The molecule has 0 saturated heterocycles. The SMILES string of the molecule is O=S(=O)(F)C(F)(F)C(F)(F)N(C(F)(F)F)C(F)(F)F. The van der Waals surface area contributed by atoms with E-state index in [1.807, 2.05) is 0 Å². The van der Waals surface area contributed by atoms with Crippen LogP contribution in [-0.2, 0) is 10.2 Å². The molecule has 0 radical (unpaired) electrons. The number of hydrogen-bond donors (Lipinski definition) is 0. The standard InChI is InChI=1S/C4F11NO2S/c5-1(6,2(7,8)19(15,17)18)16(3(9,10)11)4(12,13)14. The van der Waals surface area contributed by atoms with E-state index in [9.17, 15) is 56.2 Å². The largest absolute Gasteiger partial charge is 0.472 e. The average molecular weight is 335 g/mol. The van der Waals surface area contributed by atoms with Gasteiger partial charge in [0.15, 0.2) is 0 Å². The quantitative estimate of drug-likeness (QED) is 0.452. The highest BCUT2D eigenvalue weighted by molar-refractivity contribution is 7.87. The van der Waals surface area contributed by atoms with Gasteiger partial charge in [0.25, 0.3) is 0 Å². The monoisotopic (exact) mass is 335 g/mol. The Balaban J connectivity index is 6.13. The molecule has 0 bridgehead atoms. The molecular formula is C4F11NO2S. The number of nitrogens with zero attached hydrogens (tertiary/aromatic N) is 1. The van der Waals surface area contributed by atoms with Crippen molar-refractivity contribution >= 4 is 10.2 Å². The molecular weight excluding hydrogens is 335 g/mol. The minimum atomic E-state index is -7.75. The Morgan fingerprint density at radius 1 is 0.684 bits per heavy atom. The molecule has 0 aromatic rings. The molecule has 0 saturated carbocycles. The molecule has 19 heavy (non-hydrogen) atoms. The van der Waals surface area contributed by atoms with E-state index in [1.165, 1.54) is 0 Å². The third-order valence-electron chi connectivity index (χ3n) is 1.44. The van der Waals surface area contributed by atoms with Crippen LogP contribution in [0.4, 0.5) is 47.8 Å². The first-order valence-corrected chi connectivity index (χ1v) is 4.89. The van der Waals surface area contributed by atoms with Crippen LogP contribution in [0, 0.1) is 0 Å². The van der Waals surface area contributed by atoms with Crippen molar-refractivity contribution in [2.45, 2.75) is 23.9 Å². The van der Waals surface area contributed by atoms with Crippen LogP contribution < -0.4 is 0 Å². The first kappa shape index (κ1) is 18.1. The average Bonchev–Trinajstić information content (AvgIpc) is 1.92. The topological polar surface area (TPSA) is 37.4 Å². The molecule has 0 N–H and O–H groups in total. The van der Waals surface area contributed by atoms with Crippen LogP contribution in [0.1, 0.15) is 0 Å². The molecule has 15 heteroatoms. The maximum absolute atomic E-state index is 12.5. The predicted molar refractivity (Wildman–Crippen MR) is 33.9 cm³/mol. The molecule has 0 rings (SSSR count). The van der Waals surface area contributed by atoms with E-state index in [0.29, 0.717) is 0 Å². The minimum Gasteiger partial charge on any atom is -0.188 e. The summed E-state index contributed by atoms with van der Waals surface area (Å²) in [4.78, 5) is -4.01. The fourth-order valence-electron chi connectivity index (χ4n) is 0.739. The summed E-state index contributed by atoms with van der Waals surface area (Å²) in [6.07, 6.45) is -14.3. The Morgan fingerprint density at radius 2 is 0.947 bits per heavy atom. The minimum absolute atomic E-state index is 4.01. The maximum atomic E-state index is 12.5. The molecule has 0 heterocycles. The Hall–Kier alpha value is -0.860. The molecule has 0 aliphatic rings. The van der Waals surface area contributed by atoms with Crippen molar-refractivity contribution < 1.29 is 56.2 Å². The summed E-state index contributed by atoms with van der Waals surface area (Å²) >= 11 is 0. The summed E-state index contributed by atoms with van der Waals surface area (Å²) in [6.45, 7) is 0. The van der Waals surface area contributed by atoms with Gasteiger partial charge in [0.1, 0.15) is 0 Å². The highest BCUT2D eigenvalue weighted by Gasteiger charge is 2.79. The normalized spacial score (nSPS) is 16.0. The second-order valence-corrected chi connectivity index (χ2v) is 4.16. The number of halogens is 11. The van der Waals surface area contributed by atoms with Crippen LogP contribution in [0.25, 0.3) is 0 Å². The van der Waals surface area contributed by atoms with Crippen molar-refractivity contribution in [2.75, 3.05) is 0 Å². The second-order valence-electron chi connectivity index (χ2n) is 2.77. The summed E-state index contributed by atoms with van der Waals surface area (Å²) in [7, 11) is -7.75. The Bertz CT molecular complexity index is 419. The van der Waals surface area contributed by atoms with Gasteiger partial charge in [0, 0.05) is 0 Å². The third kappa shape index (κ3) is 3.18. The zero-order valence-corrected chi connectivity index (χ0v) is 8.65. The van der Waals surface area contributed by atoms with Gasteiger partial charge in [0.2, 0.25) is 0 Å². The fourth-order valence-corrected chi connectivity index (χ4v) is 1.12. The van der Waals surface area contributed by atoms with Crippen molar-refractivity contribution in [2.24, 2.45) is 0 Å². The van der Waals surface area contributed by atoms with Gasteiger partial charge >= 0.3 is 34.1 Å². The zero-order valence-electron chi connectivity index (χ0n) is 7.83. The van der Waals surface area contributed by atoms with Crippen LogP contribution in [0.5, 0.6) is 0 Å². The summed E-state index contributed by atoms with van der Waals surface area (Å²) in [6, 6.07) is -7.45. The van der Waals surface area contributed by atoms with Gasteiger partial charge in [-0.15, -0.1) is 0 Å². The molecule has 0 aromatic carbocycles. The molecule has 0 aliphatic heterocycles. The lowest BCUT2D eigenvalue weighted by atomic mass is 10.5. The van der Waals surface area contributed by atoms with E-state index in [2.05, 4.69) is 0 Å². The van der Waals surface area contributed by atoms with Crippen LogP contribution in [0.2, 0.25) is 0 Å². The summed E-state index contributed by atoms with van der Waals surface area (Å²) in [5, 5.41) is -7.27. The molecule has 0 unspecified atom stereocenters. The van der Waals surface area contributed by atoms with E-state index in [1.54, 1.807) is 0 Å². The smallest absolute Gasteiger partial charge is 0.188 e. The van der Waals surface area contributed by atoms with Crippen molar-refractivity contribution in [1.82, 2.24) is 4.90 Å². The highest BCUT2D eigenvalue weighted by Crippen LogP contribution is 2.50. The van der Waals surface area contributed by atoms with Gasteiger partial charge in [-0.05, 0) is 0 Å². The van der Waals surface area contributed by atoms with Crippen LogP contribution in [0.15, 0.2) is 0 Å². The molecule has 3 nitrogen and oxygen atoms in total. The van der Waals surface area contributed by atoms with Crippen molar-refractivity contribution in [1.29, 1.82) is 0 Å². The maximum Gasteiger partial charge on any atom is 0.472 e. The lowest BCUT2D eigenvalue weighted by Crippen LogP contribution is -2.65. The molecule has 0 fully saturated rings. The van der Waals surface area contributed by atoms with Crippen LogP contribution in [0.3, 0.4) is 0 Å². The second kappa shape index (κ2) is 4.32. The van der Waals surface area contributed by atoms with E-state index >= 15 is 0 Å². The lowest BCUT2D eigenvalue weighted by Gasteiger charge is -2.35. The predicted octanol–water partition coefficient (Wildman–Crippen LogP) is 2.81.